The minimum absolute atomic E-state index is 0.308. The normalized spacial score (nSPS) is 10.9. The van der Waals surface area contributed by atoms with Crippen molar-refractivity contribution in [3.8, 4) is 0 Å². The quantitative estimate of drug-likeness (QED) is 0.333. The molecule has 0 atom stereocenters. The van der Waals surface area contributed by atoms with Gasteiger partial charge in [0.2, 0.25) is 5.78 Å². The highest BCUT2D eigenvalue weighted by Crippen LogP contribution is 2.05. The minimum Gasteiger partial charge on any atom is -0.289 e. The van der Waals surface area contributed by atoms with Gasteiger partial charge in [0.1, 0.15) is 0 Å². The van der Waals surface area contributed by atoms with Gasteiger partial charge in [0.05, 0.1) is 11.0 Å². The number of ketones is 2. The number of rotatable bonds is 4. The van der Waals surface area contributed by atoms with E-state index in [1.165, 1.54) is 12.1 Å². The van der Waals surface area contributed by atoms with Gasteiger partial charge in [0.25, 0.3) is 0 Å². The van der Waals surface area contributed by atoms with E-state index in [1.54, 1.807) is 18.2 Å². The molecule has 1 rings (SSSR count). The summed E-state index contributed by atoms with van der Waals surface area (Å²) >= 11 is 0. The van der Waals surface area contributed by atoms with E-state index in [0.29, 0.717) is 5.56 Å². The second kappa shape index (κ2) is 4.97. The maximum atomic E-state index is 11.5. The van der Waals surface area contributed by atoms with Crippen molar-refractivity contribution in [2.75, 3.05) is 0 Å². The van der Waals surface area contributed by atoms with E-state index < -0.39 is 22.2 Å². The Kier molecular flexibility index (Phi) is 3.66. The molecule has 0 bridgehead atoms. The molecule has 0 N–H and O–H groups in total. The van der Waals surface area contributed by atoms with Crippen molar-refractivity contribution in [3.05, 3.63) is 57.8 Å². The number of benzene rings is 1. The number of nitrogens with zero attached hydrogens (tertiary/aromatic N) is 1. The molecule has 0 heterocycles. The van der Waals surface area contributed by atoms with E-state index in [4.69, 9.17) is 0 Å². The third kappa shape index (κ3) is 2.84. The Morgan fingerprint density at radius 3 is 2.25 bits per heavy atom. The number of nitro groups is 1. The van der Waals surface area contributed by atoms with Crippen LogP contribution < -0.4 is 0 Å². The van der Waals surface area contributed by atoms with Crippen molar-refractivity contribution in [3.63, 3.8) is 0 Å². The SMILES string of the molecule is CC(=O)C(=CC(=O)c1ccccc1)[N+](=O)[O-]. The molecule has 0 unspecified atom stereocenters. The molecule has 0 saturated heterocycles. The molecule has 1 aromatic carbocycles. The van der Waals surface area contributed by atoms with Crippen LogP contribution in [-0.4, -0.2) is 16.5 Å². The highest BCUT2D eigenvalue weighted by Gasteiger charge is 2.19. The van der Waals surface area contributed by atoms with Crippen LogP contribution in [-0.2, 0) is 4.79 Å². The van der Waals surface area contributed by atoms with Gasteiger partial charge in [-0.25, -0.2) is 0 Å². The van der Waals surface area contributed by atoms with Crippen molar-refractivity contribution < 1.29 is 14.5 Å². The van der Waals surface area contributed by atoms with E-state index in [-0.39, 0.29) is 0 Å². The molecule has 0 radical (unpaired) electrons. The zero-order valence-corrected chi connectivity index (χ0v) is 8.54. The first-order valence-electron chi connectivity index (χ1n) is 4.49. The van der Waals surface area contributed by atoms with Crippen LogP contribution in [0.3, 0.4) is 0 Å². The molecule has 5 heteroatoms. The van der Waals surface area contributed by atoms with Crippen LogP contribution in [0.1, 0.15) is 17.3 Å². The van der Waals surface area contributed by atoms with Gasteiger partial charge in [0.15, 0.2) is 5.78 Å². The summed E-state index contributed by atoms with van der Waals surface area (Å²) in [6, 6.07) is 8.05. The van der Waals surface area contributed by atoms with Gasteiger partial charge in [-0.3, -0.25) is 19.7 Å². The van der Waals surface area contributed by atoms with Gasteiger partial charge in [-0.2, -0.15) is 0 Å². The Balaban J connectivity index is 3.04. The van der Waals surface area contributed by atoms with Crippen LogP contribution in [0, 0.1) is 10.1 Å². The van der Waals surface area contributed by atoms with E-state index >= 15 is 0 Å². The standard InChI is InChI=1S/C11H9NO4/c1-8(13)10(12(15)16)7-11(14)9-5-3-2-4-6-9/h2-7H,1H3. The summed E-state index contributed by atoms with van der Waals surface area (Å²) in [5, 5.41) is 10.5. The average Bonchev–Trinajstić information content (AvgIpc) is 2.25. The lowest BCUT2D eigenvalue weighted by Gasteiger charge is -1.95. The molecule has 1 aromatic rings. The van der Waals surface area contributed by atoms with Gasteiger partial charge in [-0.15, -0.1) is 0 Å². The number of hydrogen-bond donors (Lipinski definition) is 0. The summed E-state index contributed by atoms with van der Waals surface area (Å²) in [7, 11) is 0. The van der Waals surface area contributed by atoms with Crippen molar-refractivity contribution >= 4 is 11.6 Å². The van der Waals surface area contributed by atoms with Gasteiger partial charge in [-0.1, -0.05) is 30.3 Å². The van der Waals surface area contributed by atoms with Crippen LogP contribution in [0.5, 0.6) is 0 Å². The highest BCUT2D eigenvalue weighted by atomic mass is 16.6. The first-order chi connectivity index (χ1) is 7.52. The van der Waals surface area contributed by atoms with Crippen LogP contribution in [0.15, 0.2) is 42.1 Å². The number of Topliss-reactive ketones (excluding diaryl/α,β-unsaturated/α-hetero) is 1. The molecule has 0 aliphatic carbocycles. The summed E-state index contributed by atoms with van der Waals surface area (Å²) in [6.07, 6.45) is 0.748. The summed E-state index contributed by atoms with van der Waals surface area (Å²) in [6.45, 7) is 1.05. The molecule has 5 nitrogen and oxygen atoms in total. The molecule has 0 spiro atoms. The Morgan fingerprint density at radius 1 is 1.25 bits per heavy atom. The van der Waals surface area contributed by atoms with Crippen molar-refractivity contribution in [2.24, 2.45) is 0 Å². The smallest absolute Gasteiger partial charge is 0.289 e. The Morgan fingerprint density at radius 2 is 1.81 bits per heavy atom. The Labute approximate surface area is 91.5 Å². The van der Waals surface area contributed by atoms with E-state index in [1.807, 2.05) is 0 Å². The molecule has 0 saturated carbocycles. The Bertz CT molecular complexity index is 446. The fraction of sp³-hybridized carbons (Fsp3) is 0.0909. The lowest BCUT2D eigenvalue weighted by Crippen LogP contribution is -2.10. The zero-order valence-electron chi connectivity index (χ0n) is 8.54. The van der Waals surface area contributed by atoms with Crippen LogP contribution in [0.25, 0.3) is 0 Å². The van der Waals surface area contributed by atoms with Crippen LogP contribution in [0.2, 0.25) is 0 Å². The predicted molar refractivity (Wildman–Crippen MR) is 56.5 cm³/mol. The predicted octanol–water partition coefficient (Wildman–Crippen LogP) is 1.62. The fourth-order valence-electron chi connectivity index (χ4n) is 1.09. The van der Waals surface area contributed by atoms with Crippen LogP contribution in [0.4, 0.5) is 0 Å². The summed E-state index contributed by atoms with van der Waals surface area (Å²) in [4.78, 5) is 32.0. The molecule has 16 heavy (non-hydrogen) atoms. The average molecular weight is 219 g/mol. The summed E-state index contributed by atoms with van der Waals surface area (Å²) in [5.74, 6) is -1.29. The third-order valence-corrected chi connectivity index (χ3v) is 1.88. The minimum atomic E-state index is -0.858. The van der Waals surface area contributed by atoms with Crippen LogP contribution >= 0.6 is 0 Å². The molecule has 0 aliphatic rings. The molecule has 0 amide bonds. The van der Waals surface area contributed by atoms with Gasteiger partial charge < -0.3 is 0 Å². The molecule has 0 fully saturated rings. The maximum Gasteiger partial charge on any atom is 0.315 e. The van der Waals surface area contributed by atoms with Gasteiger partial charge in [-0.05, 0) is 0 Å². The largest absolute Gasteiger partial charge is 0.315 e. The topological polar surface area (TPSA) is 77.3 Å². The zero-order chi connectivity index (χ0) is 12.1. The van der Waals surface area contributed by atoms with Crippen molar-refractivity contribution in [1.82, 2.24) is 0 Å². The molecule has 0 aliphatic heterocycles. The monoisotopic (exact) mass is 219 g/mol. The lowest BCUT2D eigenvalue weighted by molar-refractivity contribution is -0.418. The first kappa shape index (κ1) is 11.8. The fourth-order valence-corrected chi connectivity index (χ4v) is 1.09. The Hall–Kier alpha value is -2.30. The summed E-state index contributed by atoms with van der Waals surface area (Å²) < 4.78 is 0. The second-order valence-electron chi connectivity index (χ2n) is 3.07. The molecule has 82 valence electrons. The van der Waals surface area contributed by atoms with Gasteiger partial charge >= 0.3 is 5.70 Å². The highest BCUT2D eigenvalue weighted by molar-refractivity contribution is 6.08. The van der Waals surface area contributed by atoms with E-state index in [2.05, 4.69) is 0 Å². The number of carbonyl (C=O) groups excluding carboxylic acids is 2. The van der Waals surface area contributed by atoms with Crippen molar-refractivity contribution in [2.45, 2.75) is 6.92 Å². The number of allylic oxidation sites excluding steroid dienone is 2. The summed E-state index contributed by atoms with van der Waals surface area (Å²) in [5.41, 5.74) is -0.392. The molecule has 0 aromatic heterocycles. The molecular formula is C11H9NO4. The first-order valence-corrected chi connectivity index (χ1v) is 4.49. The second-order valence-corrected chi connectivity index (χ2v) is 3.07. The van der Waals surface area contributed by atoms with E-state index in [9.17, 15) is 19.7 Å². The van der Waals surface area contributed by atoms with Gasteiger partial charge in [0, 0.05) is 12.5 Å². The molecular weight excluding hydrogens is 210 g/mol. The number of hydrogen-bond acceptors (Lipinski definition) is 4. The van der Waals surface area contributed by atoms with Crippen molar-refractivity contribution in [1.29, 1.82) is 0 Å². The van der Waals surface area contributed by atoms with E-state index in [0.717, 1.165) is 13.0 Å². The maximum absolute atomic E-state index is 11.5. The number of carbonyl (C=O) groups is 2. The lowest BCUT2D eigenvalue weighted by atomic mass is 10.1. The third-order valence-electron chi connectivity index (χ3n) is 1.88.